The molecule has 0 aromatic heterocycles. The lowest BCUT2D eigenvalue weighted by atomic mass is 10.1. The molecule has 0 aliphatic rings. The van der Waals surface area contributed by atoms with Gasteiger partial charge in [-0.25, -0.2) is 19.4 Å². The summed E-state index contributed by atoms with van der Waals surface area (Å²) in [5, 5.41) is 17.8. The van der Waals surface area contributed by atoms with Gasteiger partial charge in [0.25, 0.3) is 0 Å². The first-order valence-corrected chi connectivity index (χ1v) is 3.16. The van der Waals surface area contributed by atoms with Crippen LogP contribution in [0.4, 0.5) is 4.79 Å². The van der Waals surface area contributed by atoms with Gasteiger partial charge in [0.15, 0.2) is 0 Å². The second-order valence-corrected chi connectivity index (χ2v) is 2.27. The monoisotopic (exact) mass is 194 g/mol. The third-order valence-corrected chi connectivity index (χ3v) is 1.16. The summed E-state index contributed by atoms with van der Waals surface area (Å²) in [5.41, 5.74) is 6.68. The van der Waals surface area contributed by atoms with Crippen molar-refractivity contribution in [3.8, 4) is 0 Å². The number of hydrogen-bond donors (Lipinski definition) is 4. The van der Waals surface area contributed by atoms with Crippen molar-refractivity contribution in [2.75, 3.05) is 0 Å². The number of aliphatic hydroxyl groups is 2. The van der Waals surface area contributed by atoms with Gasteiger partial charge in [0.05, 0.1) is 0 Å². The Balaban J connectivity index is 4.18. The summed E-state index contributed by atoms with van der Waals surface area (Å²) in [7, 11) is 0. The number of amides is 1. The zero-order chi connectivity index (χ0) is 10.6. The lowest BCUT2D eigenvalue weighted by Crippen LogP contribution is -2.57. The molecule has 0 heterocycles. The SMILES string of the molecule is CC(O)C(N)(O)C(=O)OOC(N)=O. The van der Waals surface area contributed by atoms with Crippen LogP contribution in [-0.2, 0) is 14.6 Å². The Labute approximate surface area is 72.9 Å². The molecule has 0 bridgehead atoms. The molecule has 0 aliphatic heterocycles. The van der Waals surface area contributed by atoms with Crippen LogP contribution >= 0.6 is 0 Å². The van der Waals surface area contributed by atoms with E-state index in [0.29, 0.717) is 0 Å². The Morgan fingerprint density at radius 3 is 2.23 bits per heavy atom. The molecule has 13 heavy (non-hydrogen) atoms. The minimum atomic E-state index is -2.64. The average molecular weight is 194 g/mol. The van der Waals surface area contributed by atoms with E-state index in [0.717, 1.165) is 6.92 Å². The number of hydrogen-bond acceptors (Lipinski definition) is 7. The topological polar surface area (TPSA) is 145 Å². The number of carbonyl (C=O) groups excluding carboxylic acids is 2. The van der Waals surface area contributed by atoms with Crippen LogP contribution in [0.2, 0.25) is 0 Å². The van der Waals surface area contributed by atoms with Gasteiger partial charge in [-0.15, -0.1) is 0 Å². The van der Waals surface area contributed by atoms with Gasteiger partial charge >= 0.3 is 12.1 Å². The van der Waals surface area contributed by atoms with Crippen molar-refractivity contribution >= 4 is 12.1 Å². The smallest absolute Gasteiger partial charge is 0.388 e. The highest BCUT2D eigenvalue weighted by atomic mass is 17.2. The molecule has 0 saturated carbocycles. The molecule has 0 aromatic rings. The van der Waals surface area contributed by atoms with E-state index in [1.807, 2.05) is 0 Å². The van der Waals surface area contributed by atoms with Crippen LogP contribution in [0.15, 0.2) is 0 Å². The normalized spacial score (nSPS) is 16.9. The van der Waals surface area contributed by atoms with Crippen LogP contribution in [-0.4, -0.2) is 34.1 Å². The van der Waals surface area contributed by atoms with Gasteiger partial charge < -0.3 is 15.9 Å². The van der Waals surface area contributed by atoms with Crippen molar-refractivity contribution in [1.82, 2.24) is 0 Å². The molecule has 6 N–H and O–H groups in total. The Morgan fingerprint density at radius 2 is 1.92 bits per heavy atom. The number of rotatable bonds is 2. The third kappa shape index (κ3) is 3.23. The molecule has 1 amide bonds. The van der Waals surface area contributed by atoms with Crippen LogP contribution in [0.25, 0.3) is 0 Å². The van der Waals surface area contributed by atoms with E-state index < -0.39 is 23.9 Å². The van der Waals surface area contributed by atoms with Gasteiger partial charge in [0, 0.05) is 0 Å². The Hall–Kier alpha value is -1.38. The summed E-state index contributed by atoms with van der Waals surface area (Å²) in [5.74, 6) is -1.53. The van der Waals surface area contributed by atoms with E-state index in [-0.39, 0.29) is 0 Å². The summed E-state index contributed by atoms with van der Waals surface area (Å²) in [6.45, 7) is 1.05. The molecule has 0 rings (SSSR count). The maximum atomic E-state index is 10.7. The number of nitrogens with two attached hydrogens (primary N) is 2. The van der Waals surface area contributed by atoms with Crippen LogP contribution in [0.3, 0.4) is 0 Å². The van der Waals surface area contributed by atoms with Crippen LogP contribution < -0.4 is 11.5 Å². The maximum absolute atomic E-state index is 10.7. The average Bonchev–Trinajstić information content (AvgIpc) is 1.99. The molecule has 8 heteroatoms. The van der Waals surface area contributed by atoms with Gasteiger partial charge in [-0.05, 0) is 6.92 Å². The molecule has 8 nitrogen and oxygen atoms in total. The minimum absolute atomic E-state index is 1.05. The van der Waals surface area contributed by atoms with E-state index in [9.17, 15) is 9.59 Å². The second kappa shape index (κ2) is 4.03. The number of aliphatic hydroxyl groups excluding tert-OH is 1. The molecular formula is C5H10N2O6. The van der Waals surface area contributed by atoms with E-state index in [1.165, 1.54) is 0 Å². The lowest BCUT2D eigenvalue weighted by molar-refractivity contribution is -0.253. The second-order valence-electron chi connectivity index (χ2n) is 2.27. The van der Waals surface area contributed by atoms with E-state index >= 15 is 0 Å². The van der Waals surface area contributed by atoms with E-state index in [2.05, 4.69) is 15.5 Å². The lowest BCUT2D eigenvalue weighted by Gasteiger charge is -2.21. The summed E-state index contributed by atoms with van der Waals surface area (Å²) in [6, 6.07) is 0. The van der Waals surface area contributed by atoms with Gasteiger partial charge in [0.2, 0.25) is 5.72 Å². The number of primary amides is 1. The fourth-order valence-electron chi connectivity index (χ4n) is 0.316. The summed E-state index contributed by atoms with van der Waals surface area (Å²) >= 11 is 0. The largest absolute Gasteiger partial charge is 0.447 e. The Bertz CT molecular complexity index is 213. The highest BCUT2D eigenvalue weighted by Crippen LogP contribution is 2.05. The van der Waals surface area contributed by atoms with Gasteiger partial charge in [0.1, 0.15) is 6.10 Å². The van der Waals surface area contributed by atoms with Crippen molar-refractivity contribution in [1.29, 1.82) is 0 Å². The number of carbonyl (C=O) groups is 2. The molecule has 0 radical (unpaired) electrons. The standard InChI is InChI=1S/C5H10N2O6/c1-2(8)5(7,11)3(9)12-13-4(6)10/h2,8,11H,7H2,1H3,(H2,6,10). The zero-order valence-corrected chi connectivity index (χ0v) is 6.76. The summed E-state index contributed by atoms with van der Waals surface area (Å²) in [6.07, 6.45) is -2.97. The van der Waals surface area contributed by atoms with Gasteiger partial charge in [-0.3, -0.25) is 5.73 Å². The molecule has 0 aromatic carbocycles. The minimum Gasteiger partial charge on any atom is -0.388 e. The quantitative estimate of drug-likeness (QED) is 0.217. The molecule has 2 unspecified atom stereocenters. The predicted octanol–water partition coefficient (Wildman–Crippen LogP) is -2.43. The first-order chi connectivity index (χ1) is 5.78. The molecule has 2 atom stereocenters. The van der Waals surface area contributed by atoms with Gasteiger partial charge in [-0.2, -0.15) is 0 Å². The van der Waals surface area contributed by atoms with Crippen LogP contribution in [0, 0.1) is 0 Å². The fraction of sp³-hybridized carbons (Fsp3) is 0.600. The van der Waals surface area contributed by atoms with Crippen molar-refractivity contribution < 1.29 is 29.6 Å². The first-order valence-electron chi connectivity index (χ1n) is 3.16. The maximum Gasteiger partial charge on any atom is 0.447 e. The molecule has 0 spiro atoms. The first kappa shape index (κ1) is 11.6. The molecule has 0 aliphatic carbocycles. The predicted molar refractivity (Wildman–Crippen MR) is 37.6 cm³/mol. The molecule has 0 saturated heterocycles. The zero-order valence-electron chi connectivity index (χ0n) is 6.76. The van der Waals surface area contributed by atoms with Crippen molar-refractivity contribution in [3.05, 3.63) is 0 Å². The fourth-order valence-corrected chi connectivity index (χ4v) is 0.316. The molecule has 0 fully saturated rings. The van der Waals surface area contributed by atoms with E-state index in [4.69, 9.17) is 15.9 Å². The van der Waals surface area contributed by atoms with Crippen molar-refractivity contribution in [3.63, 3.8) is 0 Å². The molecular weight excluding hydrogens is 184 g/mol. The van der Waals surface area contributed by atoms with E-state index in [1.54, 1.807) is 0 Å². The van der Waals surface area contributed by atoms with Crippen LogP contribution in [0.1, 0.15) is 6.92 Å². The Morgan fingerprint density at radius 1 is 1.46 bits per heavy atom. The van der Waals surface area contributed by atoms with Crippen molar-refractivity contribution in [2.24, 2.45) is 11.5 Å². The van der Waals surface area contributed by atoms with Crippen molar-refractivity contribution in [2.45, 2.75) is 18.8 Å². The third-order valence-electron chi connectivity index (χ3n) is 1.16. The summed E-state index contributed by atoms with van der Waals surface area (Å²) in [4.78, 5) is 27.9. The Kier molecular flexibility index (Phi) is 3.60. The highest BCUT2D eigenvalue weighted by Gasteiger charge is 2.40. The summed E-state index contributed by atoms with van der Waals surface area (Å²) < 4.78 is 0. The molecule has 76 valence electrons. The van der Waals surface area contributed by atoms with Gasteiger partial charge in [-0.1, -0.05) is 0 Å². The highest BCUT2D eigenvalue weighted by molar-refractivity contribution is 5.79. The van der Waals surface area contributed by atoms with Crippen LogP contribution in [0.5, 0.6) is 0 Å².